The summed E-state index contributed by atoms with van der Waals surface area (Å²) in [4.78, 5) is 32.6. The number of hydrogen-bond acceptors (Lipinski definition) is 3. The van der Waals surface area contributed by atoms with Crippen molar-refractivity contribution in [2.24, 2.45) is 7.05 Å². The lowest BCUT2D eigenvalue weighted by atomic mass is 10.0. The highest BCUT2D eigenvalue weighted by molar-refractivity contribution is 5.98. The summed E-state index contributed by atoms with van der Waals surface area (Å²) in [7, 11) is 3.59. The molecule has 0 aliphatic heterocycles. The van der Waals surface area contributed by atoms with Gasteiger partial charge in [0.15, 0.2) is 5.82 Å². The molecule has 0 saturated heterocycles. The van der Waals surface area contributed by atoms with Crippen molar-refractivity contribution in [1.29, 1.82) is 0 Å². The summed E-state index contributed by atoms with van der Waals surface area (Å²) in [5.41, 5.74) is 3.15. The van der Waals surface area contributed by atoms with Gasteiger partial charge in [-0.05, 0) is 65.6 Å². The number of aryl methyl sites for hydroxylation is 1. The van der Waals surface area contributed by atoms with Gasteiger partial charge in [0.25, 0.3) is 11.8 Å². The van der Waals surface area contributed by atoms with Gasteiger partial charge in [0.1, 0.15) is 5.82 Å². The van der Waals surface area contributed by atoms with Gasteiger partial charge in [-0.15, -0.1) is 0 Å². The van der Waals surface area contributed by atoms with E-state index in [9.17, 15) is 14.0 Å². The summed E-state index contributed by atoms with van der Waals surface area (Å²) in [6.45, 7) is 0.350. The predicted molar refractivity (Wildman–Crippen MR) is 148 cm³/mol. The number of aromatic nitrogens is 2. The van der Waals surface area contributed by atoms with Crippen molar-refractivity contribution in [1.82, 2.24) is 19.8 Å². The highest BCUT2D eigenvalue weighted by Crippen LogP contribution is 2.20. The van der Waals surface area contributed by atoms with Crippen LogP contribution in [0.15, 0.2) is 91.0 Å². The number of carbonyl (C=O) groups is 2. The number of benzene rings is 4. The van der Waals surface area contributed by atoms with Crippen LogP contribution < -0.4 is 5.32 Å². The number of carbonyl (C=O) groups excluding carboxylic acids is 2. The topological polar surface area (TPSA) is 67.2 Å². The van der Waals surface area contributed by atoms with Gasteiger partial charge < -0.3 is 14.8 Å². The van der Waals surface area contributed by atoms with E-state index in [2.05, 4.69) is 10.3 Å². The van der Waals surface area contributed by atoms with E-state index in [1.54, 1.807) is 28.6 Å². The van der Waals surface area contributed by atoms with Crippen LogP contribution in [0.25, 0.3) is 21.8 Å². The fourth-order valence-electron chi connectivity index (χ4n) is 4.80. The molecule has 0 saturated carbocycles. The average molecular weight is 509 g/mol. The third-order valence-corrected chi connectivity index (χ3v) is 7.00. The molecule has 4 aromatic carbocycles. The Morgan fingerprint density at radius 1 is 0.947 bits per heavy atom. The van der Waals surface area contributed by atoms with Crippen LogP contribution in [0.1, 0.15) is 33.0 Å². The second kappa shape index (κ2) is 10.8. The molecule has 5 aromatic rings. The lowest BCUT2D eigenvalue weighted by Gasteiger charge is -2.29. The molecule has 0 aliphatic carbocycles. The fourth-order valence-corrected chi connectivity index (χ4v) is 4.80. The number of imidazole rings is 1. The van der Waals surface area contributed by atoms with Crippen molar-refractivity contribution in [2.45, 2.75) is 18.9 Å². The third-order valence-electron chi connectivity index (χ3n) is 7.00. The molecule has 192 valence electrons. The molecule has 1 heterocycles. The zero-order chi connectivity index (χ0) is 26.6. The van der Waals surface area contributed by atoms with Crippen LogP contribution in [0.5, 0.6) is 0 Å². The SMILES string of the molecule is CN(C(=O)c1ccc2ccccc2c1)C(CCNC(=O)c1nc2ccccc2n1C)Cc1ccc(F)cc1. The van der Waals surface area contributed by atoms with Gasteiger partial charge in [0, 0.05) is 32.2 Å². The number of nitrogens with zero attached hydrogens (tertiary/aromatic N) is 3. The molecule has 1 atom stereocenters. The minimum Gasteiger partial charge on any atom is -0.349 e. The summed E-state index contributed by atoms with van der Waals surface area (Å²) in [6, 6.07) is 27.3. The van der Waals surface area contributed by atoms with E-state index < -0.39 is 0 Å². The summed E-state index contributed by atoms with van der Waals surface area (Å²) in [5, 5.41) is 5.03. The van der Waals surface area contributed by atoms with Crippen LogP contribution >= 0.6 is 0 Å². The van der Waals surface area contributed by atoms with Crippen molar-refractivity contribution < 1.29 is 14.0 Å². The number of amides is 2. The Hall–Kier alpha value is -4.52. The molecule has 2 amide bonds. The second-order valence-electron chi connectivity index (χ2n) is 9.49. The average Bonchev–Trinajstić information content (AvgIpc) is 3.29. The molecule has 1 N–H and O–H groups in total. The Labute approximate surface area is 220 Å². The molecule has 0 fully saturated rings. The summed E-state index contributed by atoms with van der Waals surface area (Å²) in [5.74, 6) is -0.347. The van der Waals surface area contributed by atoms with E-state index in [1.165, 1.54) is 12.1 Å². The van der Waals surface area contributed by atoms with E-state index in [1.807, 2.05) is 73.8 Å². The summed E-state index contributed by atoms with van der Waals surface area (Å²) in [6.07, 6.45) is 1.04. The van der Waals surface area contributed by atoms with Gasteiger partial charge in [-0.1, -0.05) is 54.6 Å². The van der Waals surface area contributed by atoms with E-state index in [-0.39, 0.29) is 23.7 Å². The normalized spacial score (nSPS) is 12.0. The molecule has 6 nitrogen and oxygen atoms in total. The highest BCUT2D eigenvalue weighted by atomic mass is 19.1. The zero-order valence-electron chi connectivity index (χ0n) is 21.4. The lowest BCUT2D eigenvalue weighted by molar-refractivity contribution is 0.0723. The Bertz CT molecular complexity index is 1610. The van der Waals surface area contributed by atoms with Crippen molar-refractivity contribution in [3.63, 3.8) is 0 Å². The molecule has 0 spiro atoms. The summed E-state index contributed by atoms with van der Waals surface area (Å²) < 4.78 is 15.3. The lowest BCUT2D eigenvalue weighted by Crippen LogP contribution is -2.41. The van der Waals surface area contributed by atoms with Crippen molar-refractivity contribution >= 4 is 33.6 Å². The Kier molecular flexibility index (Phi) is 7.18. The zero-order valence-corrected chi connectivity index (χ0v) is 21.4. The quantitative estimate of drug-likeness (QED) is 0.307. The van der Waals surface area contributed by atoms with Crippen molar-refractivity contribution in [3.05, 3.63) is 114 Å². The molecule has 0 radical (unpaired) electrons. The maximum atomic E-state index is 13.5. The Balaban J connectivity index is 1.32. The number of para-hydroxylation sites is 2. The number of hydrogen-bond donors (Lipinski definition) is 1. The largest absolute Gasteiger partial charge is 0.349 e. The van der Waals surface area contributed by atoms with Crippen LogP contribution in [0, 0.1) is 5.82 Å². The molecule has 1 aromatic heterocycles. The molecule has 5 rings (SSSR count). The van der Waals surface area contributed by atoms with E-state index in [4.69, 9.17) is 0 Å². The highest BCUT2D eigenvalue weighted by Gasteiger charge is 2.23. The molecule has 0 aliphatic rings. The van der Waals surface area contributed by atoms with Crippen LogP contribution in [0.2, 0.25) is 0 Å². The molecular formula is C31H29FN4O2. The first-order valence-corrected chi connectivity index (χ1v) is 12.6. The molecule has 38 heavy (non-hydrogen) atoms. The smallest absolute Gasteiger partial charge is 0.287 e. The van der Waals surface area contributed by atoms with Crippen molar-refractivity contribution in [2.75, 3.05) is 13.6 Å². The van der Waals surface area contributed by atoms with Gasteiger partial charge >= 0.3 is 0 Å². The first kappa shape index (κ1) is 25.1. The third kappa shape index (κ3) is 5.27. The van der Waals surface area contributed by atoms with E-state index >= 15 is 0 Å². The first-order chi connectivity index (χ1) is 18.4. The number of nitrogens with one attached hydrogen (secondary N) is 1. The molecular weight excluding hydrogens is 479 g/mol. The van der Waals surface area contributed by atoms with Crippen LogP contribution in [0.3, 0.4) is 0 Å². The molecule has 7 heteroatoms. The minimum absolute atomic E-state index is 0.107. The monoisotopic (exact) mass is 508 g/mol. The number of likely N-dealkylation sites (N-methyl/N-ethyl adjacent to an activating group) is 1. The number of halogens is 1. The van der Waals surface area contributed by atoms with Gasteiger partial charge in [0.2, 0.25) is 0 Å². The fraction of sp³-hybridized carbons (Fsp3) is 0.194. The van der Waals surface area contributed by atoms with Crippen LogP contribution in [-0.2, 0) is 13.5 Å². The Morgan fingerprint density at radius 3 is 2.42 bits per heavy atom. The van der Waals surface area contributed by atoms with Crippen LogP contribution in [0.4, 0.5) is 4.39 Å². The number of fused-ring (bicyclic) bond motifs is 2. The maximum Gasteiger partial charge on any atom is 0.287 e. The van der Waals surface area contributed by atoms with Gasteiger partial charge in [-0.25, -0.2) is 9.37 Å². The van der Waals surface area contributed by atoms with Gasteiger partial charge in [0.05, 0.1) is 11.0 Å². The molecule has 1 unspecified atom stereocenters. The van der Waals surface area contributed by atoms with Crippen LogP contribution in [-0.4, -0.2) is 45.9 Å². The van der Waals surface area contributed by atoms with Gasteiger partial charge in [-0.2, -0.15) is 0 Å². The predicted octanol–water partition coefficient (Wildman–Crippen LogP) is 5.37. The van der Waals surface area contributed by atoms with E-state index in [0.717, 1.165) is 27.4 Å². The summed E-state index contributed by atoms with van der Waals surface area (Å²) >= 11 is 0. The standard InChI is InChI=1S/C31H29FN4O2/c1-35(31(38)24-14-13-22-7-3-4-8-23(22)20-24)26(19-21-11-15-25(32)16-12-21)17-18-33-30(37)29-34-27-9-5-6-10-28(27)36(29)2/h3-16,20,26H,17-19H2,1-2H3,(H,33,37). The molecule has 0 bridgehead atoms. The number of rotatable bonds is 8. The Morgan fingerprint density at radius 2 is 1.66 bits per heavy atom. The second-order valence-corrected chi connectivity index (χ2v) is 9.49. The van der Waals surface area contributed by atoms with Crippen molar-refractivity contribution in [3.8, 4) is 0 Å². The minimum atomic E-state index is -0.305. The van der Waals surface area contributed by atoms with Gasteiger partial charge in [-0.3, -0.25) is 9.59 Å². The van der Waals surface area contributed by atoms with E-state index in [0.29, 0.717) is 30.8 Å². The first-order valence-electron chi connectivity index (χ1n) is 12.6. The maximum absolute atomic E-state index is 13.5.